The lowest BCUT2D eigenvalue weighted by Crippen LogP contribution is -2.47. The van der Waals surface area contributed by atoms with E-state index in [0.29, 0.717) is 23.2 Å². The van der Waals surface area contributed by atoms with Gasteiger partial charge in [0.2, 0.25) is 5.88 Å². The van der Waals surface area contributed by atoms with E-state index in [4.69, 9.17) is 4.74 Å². The van der Waals surface area contributed by atoms with Crippen molar-refractivity contribution in [3.8, 4) is 11.6 Å². The van der Waals surface area contributed by atoms with E-state index < -0.39 is 0 Å². The average Bonchev–Trinajstić information content (AvgIpc) is 2.62. The lowest BCUT2D eigenvalue weighted by atomic mass is 10.0. The van der Waals surface area contributed by atoms with E-state index >= 15 is 0 Å². The van der Waals surface area contributed by atoms with Gasteiger partial charge in [0, 0.05) is 35.9 Å². The van der Waals surface area contributed by atoms with E-state index in [1.807, 2.05) is 29.2 Å². The number of benzene rings is 1. The first kappa shape index (κ1) is 17.9. The summed E-state index contributed by atoms with van der Waals surface area (Å²) >= 11 is 3.41. The van der Waals surface area contributed by atoms with Gasteiger partial charge in [-0.05, 0) is 51.2 Å². The predicted octanol–water partition coefficient (Wildman–Crippen LogP) is 3.80. The number of hydrogen-bond donors (Lipinski definition) is 0. The Morgan fingerprint density at radius 2 is 2.16 bits per heavy atom. The molecule has 0 saturated carbocycles. The molecule has 6 heteroatoms. The molecule has 3 rings (SSSR count). The summed E-state index contributed by atoms with van der Waals surface area (Å²) in [5.74, 6) is 1.21. The smallest absolute Gasteiger partial charge is 0.255 e. The Kier molecular flexibility index (Phi) is 5.71. The summed E-state index contributed by atoms with van der Waals surface area (Å²) in [6.45, 7) is 1.57. The molecule has 1 saturated heterocycles. The number of carbonyl (C=O) groups excluding carboxylic acids is 1. The summed E-state index contributed by atoms with van der Waals surface area (Å²) in [6, 6.07) is 11.5. The Morgan fingerprint density at radius 1 is 1.32 bits per heavy atom. The zero-order valence-electron chi connectivity index (χ0n) is 14.5. The minimum atomic E-state index is 0.0352. The molecule has 1 unspecified atom stereocenters. The third-order valence-corrected chi connectivity index (χ3v) is 4.91. The maximum atomic E-state index is 12.7. The van der Waals surface area contributed by atoms with Gasteiger partial charge in [0.1, 0.15) is 5.75 Å². The predicted molar refractivity (Wildman–Crippen MR) is 101 cm³/mol. The van der Waals surface area contributed by atoms with Crippen LogP contribution in [0.15, 0.2) is 47.1 Å². The van der Waals surface area contributed by atoms with Crippen molar-refractivity contribution in [3.63, 3.8) is 0 Å². The molecule has 0 radical (unpaired) electrons. The second kappa shape index (κ2) is 7.97. The molecule has 0 bridgehead atoms. The number of hydrogen-bond acceptors (Lipinski definition) is 4. The molecule has 132 valence electrons. The van der Waals surface area contributed by atoms with Gasteiger partial charge in [-0.3, -0.25) is 4.79 Å². The zero-order chi connectivity index (χ0) is 17.8. The van der Waals surface area contributed by atoms with E-state index in [-0.39, 0.29) is 5.91 Å². The molecule has 1 aliphatic rings. The summed E-state index contributed by atoms with van der Waals surface area (Å²) in [4.78, 5) is 21.1. The minimum absolute atomic E-state index is 0.0352. The molecule has 2 heterocycles. The summed E-state index contributed by atoms with van der Waals surface area (Å²) in [7, 11) is 4.13. The maximum absolute atomic E-state index is 12.7. The topological polar surface area (TPSA) is 45.7 Å². The molecule has 0 aliphatic carbocycles. The zero-order valence-corrected chi connectivity index (χ0v) is 16.1. The van der Waals surface area contributed by atoms with Crippen molar-refractivity contribution in [1.82, 2.24) is 14.8 Å². The Bertz CT molecular complexity index is 734. The number of likely N-dealkylation sites (tertiary alicyclic amines) is 1. The molecule has 0 N–H and O–H groups in total. The number of aromatic nitrogens is 1. The van der Waals surface area contributed by atoms with Gasteiger partial charge in [-0.25, -0.2) is 4.98 Å². The van der Waals surface area contributed by atoms with Crippen molar-refractivity contribution in [1.29, 1.82) is 0 Å². The Hall–Kier alpha value is -1.92. The number of likely N-dealkylation sites (N-methyl/N-ethyl adjacent to an activating group) is 1. The highest BCUT2D eigenvalue weighted by Crippen LogP contribution is 2.23. The van der Waals surface area contributed by atoms with Crippen molar-refractivity contribution in [2.24, 2.45) is 0 Å². The number of carbonyl (C=O) groups is 1. The highest BCUT2D eigenvalue weighted by Gasteiger charge is 2.25. The van der Waals surface area contributed by atoms with Gasteiger partial charge in [0.05, 0.1) is 5.56 Å². The molecule has 5 nitrogen and oxygen atoms in total. The quantitative estimate of drug-likeness (QED) is 0.778. The van der Waals surface area contributed by atoms with Crippen molar-refractivity contribution in [2.75, 3.05) is 27.2 Å². The van der Waals surface area contributed by atoms with Gasteiger partial charge >= 0.3 is 0 Å². The molecule has 1 amide bonds. The molecule has 2 aromatic rings. The SMILES string of the molecule is CN(C)C1CCCN(C(=O)c2ccc(Oc3cccc(Br)c3)nc2)C1. The van der Waals surface area contributed by atoms with Crippen LogP contribution in [0.1, 0.15) is 23.2 Å². The number of rotatable bonds is 4. The van der Waals surface area contributed by atoms with E-state index in [1.54, 1.807) is 18.3 Å². The van der Waals surface area contributed by atoms with Crippen LogP contribution < -0.4 is 4.74 Å². The average molecular weight is 404 g/mol. The van der Waals surface area contributed by atoms with Crippen molar-refractivity contribution >= 4 is 21.8 Å². The molecule has 1 fully saturated rings. The maximum Gasteiger partial charge on any atom is 0.255 e. The van der Waals surface area contributed by atoms with Crippen LogP contribution in [0.2, 0.25) is 0 Å². The molecular formula is C19H22BrN3O2. The lowest BCUT2D eigenvalue weighted by Gasteiger charge is -2.36. The van der Waals surface area contributed by atoms with Gasteiger partial charge in [-0.15, -0.1) is 0 Å². The van der Waals surface area contributed by atoms with Gasteiger partial charge < -0.3 is 14.5 Å². The van der Waals surface area contributed by atoms with Crippen LogP contribution in [0.5, 0.6) is 11.6 Å². The lowest BCUT2D eigenvalue weighted by molar-refractivity contribution is 0.0634. The number of pyridine rings is 1. The highest BCUT2D eigenvalue weighted by atomic mass is 79.9. The number of nitrogens with zero attached hydrogens (tertiary/aromatic N) is 3. The standard InChI is InChI=1S/C19H22BrN3O2/c1-22(2)16-6-4-10-23(13-16)19(24)14-8-9-18(21-12-14)25-17-7-3-5-15(20)11-17/h3,5,7-9,11-12,16H,4,6,10,13H2,1-2H3. The fourth-order valence-electron chi connectivity index (χ4n) is 2.96. The fourth-order valence-corrected chi connectivity index (χ4v) is 3.34. The van der Waals surface area contributed by atoms with Crippen LogP contribution in [0, 0.1) is 0 Å². The van der Waals surface area contributed by atoms with E-state index in [1.165, 1.54) is 0 Å². The first-order valence-corrected chi connectivity index (χ1v) is 9.17. The second-order valence-corrected chi connectivity index (χ2v) is 7.37. The van der Waals surface area contributed by atoms with Crippen molar-refractivity contribution in [3.05, 3.63) is 52.6 Å². The van der Waals surface area contributed by atoms with Crippen LogP contribution in [-0.4, -0.2) is 53.9 Å². The molecule has 1 aromatic heterocycles. The van der Waals surface area contributed by atoms with E-state index in [0.717, 1.165) is 30.4 Å². The van der Waals surface area contributed by atoms with Crippen LogP contribution >= 0.6 is 15.9 Å². The van der Waals surface area contributed by atoms with Crippen LogP contribution in [0.3, 0.4) is 0 Å². The molecule has 1 atom stereocenters. The van der Waals surface area contributed by atoms with Gasteiger partial charge in [0.25, 0.3) is 5.91 Å². The van der Waals surface area contributed by atoms with Crippen molar-refractivity contribution in [2.45, 2.75) is 18.9 Å². The molecule has 1 aromatic carbocycles. The Balaban J connectivity index is 1.66. The monoisotopic (exact) mass is 403 g/mol. The molecular weight excluding hydrogens is 382 g/mol. The minimum Gasteiger partial charge on any atom is -0.439 e. The summed E-state index contributed by atoms with van der Waals surface area (Å²) in [5.41, 5.74) is 0.598. The Labute approximate surface area is 156 Å². The molecule has 0 spiro atoms. The number of piperidine rings is 1. The number of ether oxygens (including phenoxy) is 1. The summed E-state index contributed by atoms with van der Waals surface area (Å²) in [6.07, 6.45) is 3.76. The van der Waals surface area contributed by atoms with Gasteiger partial charge in [-0.1, -0.05) is 22.0 Å². The van der Waals surface area contributed by atoms with Crippen LogP contribution in [-0.2, 0) is 0 Å². The van der Waals surface area contributed by atoms with E-state index in [2.05, 4.69) is 39.9 Å². The van der Waals surface area contributed by atoms with Crippen LogP contribution in [0.4, 0.5) is 0 Å². The third-order valence-electron chi connectivity index (χ3n) is 4.42. The molecule has 1 aliphatic heterocycles. The third kappa shape index (κ3) is 4.58. The summed E-state index contributed by atoms with van der Waals surface area (Å²) in [5, 5.41) is 0. The number of amides is 1. The Morgan fingerprint density at radius 3 is 2.84 bits per heavy atom. The fraction of sp³-hybridized carbons (Fsp3) is 0.368. The molecule has 25 heavy (non-hydrogen) atoms. The van der Waals surface area contributed by atoms with Crippen LogP contribution in [0.25, 0.3) is 0 Å². The first-order chi connectivity index (χ1) is 12.0. The largest absolute Gasteiger partial charge is 0.439 e. The van der Waals surface area contributed by atoms with Crippen molar-refractivity contribution < 1.29 is 9.53 Å². The van der Waals surface area contributed by atoms with Gasteiger partial charge in [0.15, 0.2) is 0 Å². The van der Waals surface area contributed by atoms with E-state index in [9.17, 15) is 4.79 Å². The number of halogens is 1. The second-order valence-electron chi connectivity index (χ2n) is 6.46. The van der Waals surface area contributed by atoms with Gasteiger partial charge in [-0.2, -0.15) is 0 Å². The normalized spacial score (nSPS) is 17.6. The summed E-state index contributed by atoms with van der Waals surface area (Å²) < 4.78 is 6.66. The highest BCUT2D eigenvalue weighted by molar-refractivity contribution is 9.10. The first-order valence-electron chi connectivity index (χ1n) is 8.38.